The molecule has 0 radical (unpaired) electrons. The molecule has 8 nitrogen and oxygen atoms in total. The molecule has 0 aliphatic carbocycles. The highest BCUT2D eigenvalue weighted by molar-refractivity contribution is 7.93. The molecule has 2 aromatic carbocycles. The van der Waals surface area contributed by atoms with Gasteiger partial charge in [-0.15, -0.1) is 0 Å². The van der Waals surface area contributed by atoms with Gasteiger partial charge in [-0.2, -0.15) is 5.26 Å². The average molecular weight is 416 g/mol. The first-order valence-electron chi connectivity index (χ1n) is 8.46. The fourth-order valence-electron chi connectivity index (χ4n) is 2.45. The van der Waals surface area contributed by atoms with E-state index in [0.29, 0.717) is 17.0 Å². The molecule has 2 aromatic rings. The third kappa shape index (κ3) is 6.64. The topological polar surface area (TPSA) is 117 Å². The molecule has 0 unspecified atom stereocenters. The summed E-state index contributed by atoms with van der Waals surface area (Å²) in [5.41, 5.74) is 1.50. The van der Waals surface area contributed by atoms with Crippen molar-refractivity contribution >= 4 is 27.8 Å². The minimum Gasteiger partial charge on any atom is -0.480 e. The van der Waals surface area contributed by atoms with Crippen molar-refractivity contribution in [1.29, 1.82) is 5.26 Å². The molecule has 0 saturated heterocycles. The lowest BCUT2D eigenvalue weighted by molar-refractivity contribution is -0.134. The van der Waals surface area contributed by atoms with Crippen molar-refractivity contribution in [1.82, 2.24) is 0 Å². The van der Waals surface area contributed by atoms with Gasteiger partial charge >= 0.3 is 5.97 Å². The summed E-state index contributed by atoms with van der Waals surface area (Å²) in [6.45, 7) is -0.0322. The van der Waals surface area contributed by atoms with Gasteiger partial charge in [0, 0.05) is 7.11 Å². The second-order valence-corrected chi connectivity index (χ2v) is 7.76. The van der Waals surface area contributed by atoms with Gasteiger partial charge in [-0.25, -0.2) is 8.42 Å². The number of carbonyl (C=O) groups is 1. The number of ether oxygens (including phenoxy) is 2. The van der Waals surface area contributed by atoms with Crippen LogP contribution in [0.15, 0.2) is 54.6 Å². The Kier molecular flexibility index (Phi) is 7.77. The van der Waals surface area contributed by atoms with Gasteiger partial charge in [0.25, 0.3) is 0 Å². The maximum Gasteiger partial charge on any atom is 0.320 e. The number of nitriles is 1. The van der Waals surface area contributed by atoms with Gasteiger partial charge in [0.05, 0.1) is 23.9 Å². The molecule has 0 spiro atoms. The fourth-order valence-corrected chi connectivity index (χ4v) is 3.67. The van der Waals surface area contributed by atoms with Crippen LogP contribution in [-0.4, -0.2) is 45.7 Å². The van der Waals surface area contributed by atoms with E-state index >= 15 is 0 Å². The number of hydrogen-bond acceptors (Lipinski definition) is 6. The predicted molar refractivity (Wildman–Crippen MR) is 108 cm³/mol. The molecule has 0 heterocycles. The molecule has 0 amide bonds. The standard InChI is InChI=1S/C20H20N2O6S/c1-27-15-28-19-9-7-18(8-10-19)22(29(25,26)14-20(23)24)11-3-6-16-4-2-5-17(12-16)13-21/h2-10,12H,11,14-15H2,1H3,(H,23,24). The molecule has 0 atom stereocenters. The van der Waals surface area contributed by atoms with Crippen LogP contribution in [0.1, 0.15) is 11.1 Å². The van der Waals surface area contributed by atoms with Gasteiger partial charge in [-0.3, -0.25) is 9.10 Å². The zero-order valence-corrected chi connectivity index (χ0v) is 16.5. The monoisotopic (exact) mass is 416 g/mol. The summed E-state index contributed by atoms with van der Waals surface area (Å²) in [5.74, 6) is -2.00. The Morgan fingerprint density at radius 2 is 1.97 bits per heavy atom. The number of aliphatic carboxylic acids is 1. The van der Waals surface area contributed by atoms with Gasteiger partial charge in [-0.05, 0) is 42.0 Å². The van der Waals surface area contributed by atoms with E-state index in [0.717, 1.165) is 9.87 Å². The molecule has 0 aliphatic heterocycles. The average Bonchev–Trinajstić information content (AvgIpc) is 2.69. The van der Waals surface area contributed by atoms with Crippen molar-refractivity contribution < 1.29 is 27.8 Å². The molecular formula is C20H20N2O6S. The minimum absolute atomic E-state index is 0.0465. The summed E-state index contributed by atoms with van der Waals surface area (Å²) >= 11 is 0. The van der Waals surface area contributed by atoms with E-state index in [-0.39, 0.29) is 13.3 Å². The largest absolute Gasteiger partial charge is 0.480 e. The van der Waals surface area contributed by atoms with E-state index in [1.807, 2.05) is 6.07 Å². The maximum atomic E-state index is 12.6. The van der Waals surface area contributed by atoms with Gasteiger partial charge < -0.3 is 14.6 Å². The molecule has 0 fully saturated rings. The van der Waals surface area contributed by atoms with Crippen molar-refractivity contribution in [3.8, 4) is 11.8 Å². The summed E-state index contributed by atoms with van der Waals surface area (Å²) in [6, 6.07) is 15.0. The lowest BCUT2D eigenvalue weighted by Gasteiger charge is -2.22. The Bertz CT molecular complexity index is 1010. The van der Waals surface area contributed by atoms with Gasteiger partial charge in [-0.1, -0.05) is 24.3 Å². The number of carboxylic acids is 1. The summed E-state index contributed by atoms with van der Waals surface area (Å²) < 4.78 is 36.2. The maximum absolute atomic E-state index is 12.6. The van der Waals surface area contributed by atoms with Crippen molar-refractivity contribution in [3.63, 3.8) is 0 Å². The summed E-state index contributed by atoms with van der Waals surface area (Å²) in [4.78, 5) is 11.0. The molecule has 0 bridgehead atoms. The van der Waals surface area contributed by atoms with Crippen LogP contribution in [0, 0.1) is 11.3 Å². The third-order valence-electron chi connectivity index (χ3n) is 3.71. The van der Waals surface area contributed by atoms with Gasteiger partial charge in [0.2, 0.25) is 10.0 Å². The molecule has 0 aromatic heterocycles. The van der Waals surface area contributed by atoms with E-state index in [2.05, 4.69) is 0 Å². The number of carboxylic acid groups (broad SMARTS) is 1. The number of sulfonamides is 1. The lowest BCUT2D eigenvalue weighted by atomic mass is 10.1. The number of benzene rings is 2. The third-order valence-corrected chi connectivity index (χ3v) is 5.35. The van der Waals surface area contributed by atoms with Crippen LogP contribution in [0.25, 0.3) is 6.08 Å². The smallest absolute Gasteiger partial charge is 0.320 e. The molecule has 0 saturated carbocycles. The first-order chi connectivity index (χ1) is 13.9. The van der Waals surface area contributed by atoms with E-state index in [9.17, 15) is 13.2 Å². The Balaban J connectivity index is 2.26. The quantitative estimate of drug-likeness (QED) is 0.591. The highest BCUT2D eigenvalue weighted by Gasteiger charge is 2.24. The molecule has 2 rings (SSSR count). The fraction of sp³-hybridized carbons (Fsp3) is 0.200. The van der Waals surface area contributed by atoms with E-state index in [4.69, 9.17) is 19.8 Å². The second kappa shape index (κ2) is 10.3. The number of nitrogens with zero attached hydrogens (tertiary/aromatic N) is 2. The number of rotatable bonds is 10. The van der Waals surface area contributed by atoms with Crippen LogP contribution < -0.4 is 9.04 Å². The molecule has 9 heteroatoms. The lowest BCUT2D eigenvalue weighted by Crippen LogP contribution is -2.35. The van der Waals surface area contributed by atoms with Crippen molar-refractivity contribution in [2.24, 2.45) is 0 Å². The van der Waals surface area contributed by atoms with Crippen molar-refractivity contribution in [2.45, 2.75) is 0 Å². The highest BCUT2D eigenvalue weighted by Crippen LogP contribution is 2.22. The SMILES string of the molecule is COCOc1ccc(N(CC=Cc2cccc(C#N)c2)S(=O)(=O)CC(=O)O)cc1. The van der Waals surface area contributed by atoms with Crippen LogP contribution >= 0.6 is 0 Å². The zero-order chi connectivity index (χ0) is 21.3. The van der Waals surface area contributed by atoms with Gasteiger partial charge in [0.15, 0.2) is 12.5 Å². The Morgan fingerprint density at radius 1 is 1.24 bits per heavy atom. The van der Waals surface area contributed by atoms with E-state index in [1.54, 1.807) is 48.6 Å². The summed E-state index contributed by atoms with van der Waals surface area (Å²) in [5, 5.41) is 17.9. The Morgan fingerprint density at radius 3 is 2.59 bits per heavy atom. The normalized spacial score (nSPS) is 11.2. The van der Waals surface area contributed by atoms with Gasteiger partial charge in [0.1, 0.15) is 5.75 Å². The van der Waals surface area contributed by atoms with Crippen molar-refractivity contribution in [3.05, 3.63) is 65.7 Å². The first-order valence-corrected chi connectivity index (χ1v) is 10.1. The summed E-state index contributed by atoms with van der Waals surface area (Å²) in [6.07, 6.45) is 3.26. The molecule has 152 valence electrons. The first kappa shape index (κ1) is 21.9. The Hall–Kier alpha value is -3.35. The summed E-state index contributed by atoms with van der Waals surface area (Å²) in [7, 11) is -2.63. The van der Waals surface area contributed by atoms with Crippen LogP contribution in [0.2, 0.25) is 0 Å². The number of methoxy groups -OCH3 is 1. The van der Waals surface area contributed by atoms with Crippen molar-refractivity contribution in [2.75, 3.05) is 30.5 Å². The van der Waals surface area contributed by atoms with E-state index in [1.165, 1.54) is 19.2 Å². The second-order valence-electron chi connectivity index (χ2n) is 5.87. The number of anilines is 1. The molecule has 0 aliphatic rings. The molecular weight excluding hydrogens is 396 g/mol. The minimum atomic E-state index is -4.11. The zero-order valence-electron chi connectivity index (χ0n) is 15.7. The van der Waals surface area contributed by atoms with Crippen LogP contribution in [0.4, 0.5) is 5.69 Å². The van der Waals surface area contributed by atoms with Crippen LogP contribution in [-0.2, 0) is 19.6 Å². The molecule has 1 N–H and O–H groups in total. The van der Waals surface area contributed by atoms with Crippen LogP contribution in [0.5, 0.6) is 5.75 Å². The predicted octanol–water partition coefficient (Wildman–Crippen LogP) is 2.48. The highest BCUT2D eigenvalue weighted by atomic mass is 32.2. The number of hydrogen-bond donors (Lipinski definition) is 1. The Labute approximate surface area is 169 Å². The molecule has 29 heavy (non-hydrogen) atoms. The van der Waals surface area contributed by atoms with E-state index < -0.39 is 21.7 Å². The van der Waals surface area contributed by atoms with Crippen LogP contribution in [0.3, 0.4) is 0 Å².